The molecular weight excluding hydrogens is 344 g/mol. The van der Waals surface area contributed by atoms with Crippen LogP contribution in [-0.4, -0.2) is 47.0 Å². The summed E-state index contributed by atoms with van der Waals surface area (Å²) in [6.07, 6.45) is 0.506. The summed E-state index contributed by atoms with van der Waals surface area (Å²) in [6, 6.07) is 1.87. The molecule has 0 bridgehead atoms. The second kappa shape index (κ2) is 5.73. The van der Waals surface area contributed by atoms with Gasteiger partial charge in [-0.2, -0.15) is 0 Å². The van der Waals surface area contributed by atoms with E-state index in [2.05, 4.69) is 15.9 Å². The van der Waals surface area contributed by atoms with E-state index in [1.807, 2.05) is 11.4 Å². The average molecular weight is 361 g/mol. The largest absolute Gasteiger partial charge is 0.481 e. The van der Waals surface area contributed by atoms with Crippen molar-refractivity contribution in [3.8, 4) is 0 Å². The number of amides is 2. The lowest BCUT2D eigenvalue weighted by Crippen LogP contribution is -2.41. The molecule has 1 aromatic heterocycles. The highest BCUT2D eigenvalue weighted by molar-refractivity contribution is 9.11. The normalized spacial score (nSPS) is 22.1. The van der Waals surface area contributed by atoms with Gasteiger partial charge in [-0.3, -0.25) is 4.79 Å². The number of carboxylic acid groups (broad SMARTS) is 1. The maximum Gasteiger partial charge on any atom is 0.320 e. The number of carboxylic acids is 1. The first-order chi connectivity index (χ1) is 9.32. The van der Waals surface area contributed by atoms with Gasteiger partial charge in [-0.15, -0.1) is 11.3 Å². The van der Waals surface area contributed by atoms with Crippen LogP contribution in [0, 0.1) is 5.41 Å². The van der Waals surface area contributed by atoms with Crippen molar-refractivity contribution in [2.24, 2.45) is 5.41 Å². The van der Waals surface area contributed by atoms with Crippen LogP contribution in [0.25, 0.3) is 0 Å². The lowest BCUT2D eigenvalue weighted by molar-refractivity contribution is -0.147. The number of hydrogen-bond acceptors (Lipinski definition) is 3. The molecule has 0 saturated carbocycles. The minimum absolute atomic E-state index is 0.114. The Balaban J connectivity index is 1.96. The fraction of sp³-hybridized carbons (Fsp3) is 0.538. The maximum absolute atomic E-state index is 12.3. The Kier molecular flexibility index (Phi) is 4.39. The molecular formula is C13H17BrN2O3S. The van der Waals surface area contributed by atoms with E-state index in [4.69, 9.17) is 0 Å². The molecule has 1 saturated heterocycles. The van der Waals surface area contributed by atoms with Gasteiger partial charge in [-0.05, 0) is 46.3 Å². The number of nitrogens with zero attached hydrogens (tertiary/aromatic N) is 2. The van der Waals surface area contributed by atoms with Gasteiger partial charge in [-0.25, -0.2) is 4.79 Å². The number of thiophene rings is 1. The number of carbonyl (C=O) groups is 2. The molecule has 1 aromatic rings. The van der Waals surface area contributed by atoms with E-state index in [9.17, 15) is 14.7 Å². The minimum Gasteiger partial charge on any atom is -0.481 e. The number of carbonyl (C=O) groups excluding carboxylic acids is 1. The van der Waals surface area contributed by atoms with Crippen molar-refractivity contribution in [2.75, 3.05) is 20.1 Å². The van der Waals surface area contributed by atoms with Gasteiger partial charge >= 0.3 is 12.0 Å². The molecule has 0 aliphatic carbocycles. The molecule has 1 atom stereocenters. The van der Waals surface area contributed by atoms with E-state index in [0.717, 1.165) is 9.35 Å². The van der Waals surface area contributed by atoms with E-state index in [0.29, 0.717) is 19.5 Å². The van der Waals surface area contributed by atoms with Crippen LogP contribution in [0.3, 0.4) is 0 Å². The Morgan fingerprint density at radius 2 is 2.30 bits per heavy atom. The molecule has 1 fully saturated rings. The highest BCUT2D eigenvalue weighted by Gasteiger charge is 2.42. The maximum atomic E-state index is 12.3. The number of rotatable bonds is 3. The Labute approximate surface area is 130 Å². The van der Waals surface area contributed by atoms with Gasteiger partial charge < -0.3 is 14.9 Å². The first-order valence-electron chi connectivity index (χ1n) is 6.28. The molecule has 0 spiro atoms. The van der Waals surface area contributed by atoms with Gasteiger partial charge in [0.05, 0.1) is 9.20 Å². The Hall–Kier alpha value is -1.08. The minimum atomic E-state index is -0.836. The molecule has 7 heteroatoms. The third kappa shape index (κ3) is 3.15. The molecule has 1 aliphatic rings. The highest BCUT2D eigenvalue weighted by atomic mass is 79.9. The van der Waals surface area contributed by atoms with Crippen LogP contribution < -0.4 is 0 Å². The van der Waals surface area contributed by atoms with Crippen LogP contribution in [0.4, 0.5) is 4.79 Å². The quantitative estimate of drug-likeness (QED) is 0.901. The Bertz CT molecular complexity index is 533. The molecule has 0 aromatic carbocycles. The monoisotopic (exact) mass is 360 g/mol. The fourth-order valence-corrected chi connectivity index (χ4v) is 3.51. The molecule has 1 unspecified atom stereocenters. The molecule has 20 heavy (non-hydrogen) atoms. The van der Waals surface area contributed by atoms with Crippen LogP contribution in [-0.2, 0) is 11.3 Å². The molecule has 0 radical (unpaired) electrons. The van der Waals surface area contributed by atoms with Gasteiger partial charge in [0.25, 0.3) is 0 Å². The van der Waals surface area contributed by atoms with Gasteiger partial charge in [0.1, 0.15) is 0 Å². The van der Waals surface area contributed by atoms with Gasteiger partial charge in [-0.1, -0.05) is 0 Å². The molecule has 2 heterocycles. The van der Waals surface area contributed by atoms with Crippen molar-refractivity contribution in [3.63, 3.8) is 0 Å². The number of hydrogen-bond donors (Lipinski definition) is 1. The number of halogens is 1. The lowest BCUT2D eigenvalue weighted by atomic mass is 9.90. The van der Waals surface area contributed by atoms with Crippen molar-refractivity contribution in [3.05, 3.63) is 20.8 Å². The average Bonchev–Trinajstić information content (AvgIpc) is 2.96. The Morgan fingerprint density at radius 3 is 2.80 bits per heavy atom. The van der Waals surface area contributed by atoms with Crippen LogP contribution in [0.15, 0.2) is 15.2 Å². The van der Waals surface area contributed by atoms with E-state index in [-0.39, 0.29) is 12.6 Å². The molecule has 2 rings (SSSR count). The van der Waals surface area contributed by atoms with Crippen molar-refractivity contribution in [2.45, 2.75) is 19.9 Å². The number of likely N-dealkylation sites (tertiary alicyclic amines) is 1. The molecule has 1 N–H and O–H groups in total. The smallest absolute Gasteiger partial charge is 0.320 e. The van der Waals surface area contributed by atoms with Gasteiger partial charge in [0.15, 0.2) is 0 Å². The zero-order valence-corrected chi connectivity index (χ0v) is 13.8. The first kappa shape index (κ1) is 15.3. The summed E-state index contributed by atoms with van der Waals surface area (Å²) in [7, 11) is 1.74. The van der Waals surface area contributed by atoms with Crippen molar-refractivity contribution < 1.29 is 14.7 Å². The summed E-state index contributed by atoms with van der Waals surface area (Å²) >= 11 is 4.98. The predicted octanol–water partition coefficient (Wildman–Crippen LogP) is 2.86. The second-order valence-electron chi connectivity index (χ2n) is 5.44. The third-order valence-corrected chi connectivity index (χ3v) is 5.18. The summed E-state index contributed by atoms with van der Waals surface area (Å²) in [5.74, 6) is -0.836. The van der Waals surface area contributed by atoms with E-state index < -0.39 is 11.4 Å². The highest BCUT2D eigenvalue weighted by Crippen LogP contribution is 2.31. The zero-order valence-electron chi connectivity index (χ0n) is 11.4. The SMILES string of the molecule is CN(Cc1csc(Br)c1)C(=O)N1CCC(C)(C(=O)O)C1. The van der Waals surface area contributed by atoms with Gasteiger partial charge in [0.2, 0.25) is 0 Å². The standard InChI is InChI=1S/C13H17BrN2O3S/c1-13(11(17)18)3-4-16(8-13)12(19)15(2)6-9-5-10(14)20-7-9/h5,7H,3-4,6,8H2,1-2H3,(H,17,18). The fourth-order valence-electron chi connectivity index (χ4n) is 2.31. The summed E-state index contributed by atoms with van der Waals surface area (Å²) < 4.78 is 1.04. The van der Waals surface area contributed by atoms with Gasteiger partial charge in [0, 0.05) is 26.7 Å². The summed E-state index contributed by atoms with van der Waals surface area (Å²) in [4.78, 5) is 26.8. The van der Waals surface area contributed by atoms with Crippen LogP contribution in [0.5, 0.6) is 0 Å². The first-order valence-corrected chi connectivity index (χ1v) is 7.95. The topological polar surface area (TPSA) is 60.9 Å². The van der Waals surface area contributed by atoms with Crippen molar-refractivity contribution in [1.29, 1.82) is 0 Å². The number of urea groups is 1. The van der Waals surface area contributed by atoms with Crippen molar-refractivity contribution in [1.82, 2.24) is 9.80 Å². The Morgan fingerprint density at radius 1 is 1.60 bits per heavy atom. The molecule has 2 amide bonds. The summed E-state index contributed by atoms with van der Waals surface area (Å²) in [6.45, 7) is 3.00. The lowest BCUT2D eigenvalue weighted by Gasteiger charge is -2.25. The van der Waals surface area contributed by atoms with E-state index in [1.54, 1.807) is 35.1 Å². The third-order valence-electron chi connectivity index (χ3n) is 3.63. The second-order valence-corrected chi connectivity index (χ2v) is 7.73. The summed E-state index contributed by atoms with van der Waals surface area (Å²) in [5, 5.41) is 11.2. The van der Waals surface area contributed by atoms with Crippen LogP contribution >= 0.6 is 27.3 Å². The van der Waals surface area contributed by atoms with Crippen LogP contribution in [0.1, 0.15) is 18.9 Å². The molecule has 110 valence electrons. The van der Waals surface area contributed by atoms with Crippen molar-refractivity contribution >= 4 is 39.3 Å². The predicted molar refractivity (Wildman–Crippen MR) is 80.8 cm³/mol. The summed E-state index contributed by atoms with van der Waals surface area (Å²) in [5.41, 5.74) is 0.250. The van der Waals surface area contributed by atoms with E-state index >= 15 is 0 Å². The van der Waals surface area contributed by atoms with E-state index in [1.165, 1.54) is 0 Å². The zero-order chi connectivity index (χ0) is 14.9. The molecule has 5 nitrogen and oxygen atoms in total. The van der Waals surface area contributed by atoms with Crippen LogP contribution in [0.2, 0.25) is 0 Å². The molecule has 1 aliphatic heterocycles. The number of aliphatic carboxylic acids is 1.